The lowest BCUT2D eigenvalue weighted by molar-refractivity contribution is 0.565. The zero-order valence-electron chi connectivity index (χ0n) is 9.75. The minimum atomic E-state index is -0.663. The molecule has 2 N–H and O–H groups in total. The summed E-state index contributed by atoms with van der Waals surface area (Å²) in [6, 6.07) is 8.00. The second kappa shape index (κ2) is 5.04. The van der Waals surface area contributed by atoms with E-state index in [0.717, 1.165) is 17.2 Å². The van der Waals surface area contributed by atoms with Crippen molar-refractivity contribution in [3.8, 4) is 0 Å². The maximum absolute atomic E-state index is 13.7. The lowest BCUT2D eigenvalue weighted by Crippen LogP contribution is -2.15. The second-order valence-corrected chi connectivity index (χ2v) is 4.50. The minimum absolute atomic E-state index is 0.252. The summed E-state index contributed by atoms with van der Waals surface area (Å²) in [6.07, 6.45) is 0. The van der Waals surface area contributed by atoms with Gasteiger partial charge in [-0.25, -0.2) is 8.78 Å². The molecule has 0 saturated heterocycles. The summed E-state index contributed by atoms with van der Waals surface area (Å²) in [6.45, 7) is 1.82. The van der Waals surface area contributed by atoms with Crippen LogP contribution in [0.4, 0.5) is 8.78 Å². The molecule has 0 heterocycles. The van der Waals surface area contributed by atoms with E-state index in [2.05, 4.69) is 0 Å². The van der Waals surface area contributed by atoms with Gasteiger partial charge in [-0.2, -0.15) is 0 Å². The molecule has 1 unspecified atom stereocenters. The number of rotatable bonds is 2. The molecule has 4 heteroatoms. The highest BCUT2D eigenvalue weighted by Crippen LogP contribution is 2.28. The van der Waals surface area contributed by atoms with E-state index in [1.54, 1.807) is 18.2 Å². The first kappa shape index (κ1) is 13.0. The molecule has 2 aromatic carbocycles. The summed E-state index contributed by atoms with van der Waals surface area (Å²) in [4.78, 5) is 0. The van der Waals surface area contributed by atoms with Crippen molar-refractivity contribution < 1.29 is 8.78 Å². The number of nitrogens with two attached hydrogens (primary N) is 1. The quantitative estimate of drug-likeness (QED) is 0.875. The molecule has 0 aromatic heterocycles. The first-order valence-electron chi connectivity index (χ1n) is 5.46. The Bertz CT molecular complexity index is 584. The average Bonchev–Trinajstić information content (AvgIpc) is 2.32. The molecule has 0 aliphatic carbocycles. The van der Waals surface area contributed by atoms with Crippen molar-refractivity contribution in [2.24, 2.45) is 5.73 Å². The summed E-state index contributed by atoms with van der Waals surface area (Å²) in [7, 11) is 0. The Morgan fingerprint density at radius 3 is 2.50 bits per heavy atom. The Kier molecular flexibility index (Phi) is 3.64. The standard InChI is InChI=1S/C14H12ClF2N/c1-8-10(3-2-4-12(8)15)14(18)11-6-5-9(16)7-13(11)17/h2-7,14H,18H2,1H3. The van der Waals surface area contributed by atoms with Gasteiger partial charge in [-0.15, -0.1) is 0 Å². The van der Waals surface area contributed by atoms with Crippen molar-refractivity contribution in [3.05, 3.63) is 69.7 Å². The van der Waals surface area contributed by atoms with Crippen molar-refractivity contribution in [1.82, 2.24) is 0 Å². The lowest BCUT2D eigenvalue weighted by atomic mass is 9.95. The summed E-state index contributed by atoms with van der Waals surface area (Å²) >= 11 is 6.00. The van der Waals surface area contributed by atoms with E-state index in [1.165, 1.54) is 12.1 Å². The molecular weight excluding hydrogens is 256 g/mol. The Morgan fingerprint density at radius 2 is 1.83 bits per heavy atom. The first-order valence-corrected chi connectivity index (χ1v) is 5.84. The van der Waals surface area contributed by atoms with Gasteiger partial charge in [0.15, 0.2) is 0 Å². The van der Waals surface area contributed by atoms with Crippen LogP contribution >= 0.6 is 11.6 Å². The molecule has 0 amide bonds. The van der Waals surface area contributed by atoms with Crippen LogP contribution in [0, 0.1) is 18.6 Å². The van der Waals surface area contributed by atoms with Crippen LogP contribution in [0.15, 0.2) is 36.4 Å². The van der Waals surface area contributed by atoms with Crippen molar-refractivity contribution in [3.63, 3.8) is 0 Å². The molecule has 18 heavy (non-hydrogen) atoms. The zero-order chi connectivity index (χ0) is 13.3. The van der Waals surface area contributed by atoms with Crippen LogP contribution in [0.3, 0.4) is 0 Å². The molecule has 0 radical (unpaired) electrons. The normalized spacial score (nSPS) is 12.5. The summed E-state index contributed by atoms with van der Waals surface area (Å²) < 4.78 is 26.5. The Morgan fingerprint density at radius 1 is 1.11 bits per heavy atom. The van der Waals surface area contributed by atoms with Gasteiger partial charge in [0.2, 0.25) is 0 Å². The summed E-state index contributed by atoms with van der Waals surface area (Å²) in [5.41, 5.74) is 7.80. The minimum Gasteiger partial charge on any atom is -0.320 e. The highest BCUT2D eigenvalue weighted by atomic mass is 35.5. The molecule has 0 aliphatic rings. The van der Waals surface area contributed by atoms with Crippen LogP contribution in [0.5, 0.6) is 0 Å². The van der Waals surface area contributed by atoms with Gasteiger partial charge in [-0.3, -0.25) is 0 Å². The molecule has 2 rings (SSSR count). The van der Waals surface area contributed by atoms with Gasteiger partial charge in [-0.05, 0) is 30.2 Å². The largest absolute Gasteiger partial charge is 0.320 e. The molecule has 1 atom stereocenters. The van der Waals surface area contributed by atoms with E-state index in [-0.39, 0.29) is 5.56 Å². The van der Waals surface area contributed by atoms with Crippen LogP contribution in [-0.4, -0.2) is 0 Å². The van der Waals surface area contributed by atoms with Gasteiger partial charge >= 0.3 is 0 Å². The summed E-state index contributed by atoms with van der Waals surface area (Å²) in [5.74, 6) is -1.27. The van der Waals surface area contributed by atoms with Crippen molar-refractivity contribution in [2.45, 2.75) is 13.0 Å². The summed E-state index contributed by atoms with van der Waals surface area (Å²) in [5, 5.41) is 0.575. The van der Waals surface area contributed by atoms with E-state index in [4.69, 9.17) is 17.3 Å². The van der Waals surface area contributed by atoms with E-state index in [9.17, 15) is 8.78 Å². The number of hydrogen-bond donors (Lipinski definition) is 1. The topological polar surface area (TPSA) is 26.0 Å². The monoisotopic (exact) mass is 267 g/mol. The second-order valence-electron chi connectivity index (χ2n) is 4.10. The molecule has 0 fully saturated rings. The van der Waals surface area contributed by atoms with Crippen LogP contribution in [-0.2, 0) is 0 Å². The van der Waals surface area contributed by atoms with Crippen molar-refractivity contribution in [1.29, 1.82) is 0 Å². The zero-order valence-corrected chi connectivity index (χ0v) is 10.5. The molecule has 0 aliphatic heterocycles. The average molecular weight is 268 g/mol. The third-order valence-electron chi connectivity index (χ3n) is 2.94. The maximum Gasteiger partial charge on any atom is 0.131 e. The van der Waals surface area contributed by atoms with E-state index in [0.29, 0.717) is 5.02 Å². The molecule has 2 aromatic rings. The fourth-order valence-electron chi connectivity index (χ4n) is 1.88. The van der Waals surface area contributed by atoms with Crippen LogP contribution in [0.2, 0.25) is 5.02 Å². The van der Waals surface area contributed by atoms with Crippen molar-refractivity contribution in [2.75, 3.05) is 0 Å². The third-order valence-corrected chi connectivity index (χ3v) is 3.35. The molecular formula is C14H12ClF2N. The predicted octanol–water partition coefficient (Wildman–Crippen LogP) is 3.97. The lowest BCUT2D eigenvalue weighted by Gasteiger charge is -2.16. The molecule has 0 bridgehead atoms. The molecule has 0 saturated carbocycles. The van der Waals surface area contributed by atoms with Crippen molar-refractivity contribution >= 4 is 11.6 Å². The molecule has 1 nitrogen and oxygen atoms in total. The SMILES string of the molecule is Cc1c(Cl)cccc1C(N)c1ccc(F)cc1F. The Balaban J connectivity index is 2.48. The molecule has 0 spiro atoms. The van der Waals surface area contributed by atoms with Gasteiger partial charge in [0.1, 0.15) is 11.6 Å². The van der Waals surface area contributed by atoms with E-state index < -0.39 is 17.7 Å². The predicted molar refractivity (Wildman–Crippen MR) is 68.6 cm³/mol. The van der Waals surface area contributed by atoms with Gasteiger partial charge in [-0.1, -0.05) is 29.8 Å². The Labute approximate surface area is 109 Å². The van der Waals surface area contributed by atoms with Gasteiger partial charge in [0.25, 0.3) is 0 Å². The highest BCUT2D eigenvalue weighted by Gasteiger charge is 2.16. The smallest absolute Gasteiger partial charge is 0.131 e. The van der Waals surface area contributed by atoms with E-state index >= 15 is 0 Å². The van der Waals surface area contributed by atoms with Crippen LogP contribution < -0.4 is 5.73 Å². The van der Waals surface area contributed by atoms with Gasteiger partial charge in [0, 0.05) is 16.7 Å². The number of halogens is 3. The number of benzene rings is 2. The van der Waals surface area contributed by atoms with E-state index in [1.807, 2.05) is 6.92 Å². The van der Waals surface area contributed by atoms with Crippen LogP contribution in [0.1, 0.15) is 22.7 Å². The number of hydrogen-bond acceptors (Lipinski definition) is 1. The fourth-order valence-corrected chi connectivity index (χ4v) is 2.06. The maximum atomic E-state index is 13.7. The highest BCUT2D eigenvalue weighted by molar-refractivity contribution is 6.31. The van der Waals surface area contributed by atoms with Gasteiger partial charge < -0.3 is 5.73 Å². The van der Waals surface area contributed by atoms with Gasteiger partial charge in [0.05, 0.1) is 6.04 Å². The Hall–Kier alpha value is -1.45. The first-order chi connectivity index (χ1) is 8.50. The molecule has 94 valence electrons. The third kappa shape index (κ3) is 2.37. The fraction of sp³-hybridized carbons (Fsp3) is 0.143. The van der Waals surface area contributed by atoms with Crippen LogP contribution in [0.25, 0.3) is 0 Å².